The molecule has 2 fully saturated rings. The number of nitrogens with one attached hydrogen (secondary N) is 1. The summed E-state index contributed by atoms with van der Waals surface area (Å²) in [6.45, 7) is 3.63. The van der Waals surface area contributed by atoms with E-state index in [0.29, 0.717) is 18.5 Å². The number of hydrogen-bond donors (Lipinski definition) is 1. The Morgan fingerprint density at radius 3 is 2.78 bits per heavy atom. The van der Waals surface area contributed by atoms with Crippen molar-refractivity contribution in [2.45, 2.75) is 50.7 Å². The Labute approximate surface area is 189 Å². The van der Waals surface area contributed by atoms with Gasteiger partial charge < -0.3 is 10.2 Å². The molecular formula is C26H31N3O3. The first-order valence-corrected chi connectivity index (χ1v) is 11.7. The second-order valence-electron chi connectivity index (χ2n) is 9.12. The van der Waals surface area contributed by atoms with Crippen LogP contribution < -0.4 is 5.32 Å². The molecule has 0 unspecified atom stereocenters. The van der Waals surface area contributed by atoms with Crippen LogP contribution in [-0.4, -0.2) is 48.0 Å². The van der Waals surface area contributed by atoms with Gasteiger partial charge in [0.2, 0.25) is 5.91 Å². The molecule has 0 bridgehead atoms. The maximum absolute atomic E-state index is 13.6. The lowest BCUT2D eigenvalue weighted by Crippen LogP contribution is -2.57. The van der Waals surface area contributed by atoms with Gasteiger partial charge in [-0.1, -0.05) is 42.5 Å². The maximum Gasteiger partial charge on any atom is 0.278 e. The van der Waals surface area contributed by atoms with Crippen LogP contribution in [0, 0.1) is 5.92 Å². The zero-order valence-corrected chi connectivity index (χ0v) is 18.8. The zero-order chi connectivity index (χ0) is 22.2. The van der Waals surface area contributed by atoms with Crippen molar-refractivity contribution in [3.63, 3.8) is 0 Å². The van der Waals surface area contributed by atoms with Crippen LogP contribution in [0.15, 0.2) is 48.5 Å². The number of benzene rings is 2. The average Bonchev–Trinajstić information content (AvgIpc) is 2.84. The van der Waals surface area contributed by atoms with Crippen molar-refractivity contribution in [2.24, 2.45) is 5.92 Å². The molecule has 0 aliphatic carbocycles. The summed E-state index contributed by atoms with van der Waals surface area (Å²) in [6, 6.07) is 15.9. The molecular weight excluding hydrogens is 402 g/mol. The van der Waals surface area contributed by atoms with E-state index in [1.807, 2.05) is 49.4 Å². The summed E-state index contributed by atoms with van der Waals surface area (Å²) >= 11 is 0. The largest absolute Gasteiger partial charge is 0.335 e. The van der Waals surface area contributed by atoms with Gasteiger partial charge in [-0.2, -0.15) is 0 Å². The van der Waals surface area contributed by atoms with Crippen LogP contribution in [0.2, 0.25) is 0 Å². The zero-order valence-electron chi connectivity index (χ0n) is 18.8. The molecule has 0 radical (unpaired) electrons. The minimum Gasteiger partial charge on any atom is -0.335 e. The van der Waals surface area contributed by atoms with Crippen molar-refractivity contribution < 1.29 is 14.4 Å². The van der Waals surface area contributed by atoms with E-state index in [1.165, 1.54) is 5.06 Å². The first-order chi connectivity index (χ1) is 15.6. The fraction of sp³-hybridized carbons (Fsp3) is 0.462. The third kappa shape index (κ3) is 3.51. The van der Waals surface area contributed by atoms with Crippen molar-refractivity contribution >= 4 is 11.8 Å². The Morgan fingerprint density at radius 2 is 2.00 bits per heavy atom. The van der Waals surface area contributed by atoms with Crippen molar-refractivity contribution in [1.29, 1.82) is 0 Å². The molecule has 0 aromatic heterocycles. The minimum absolute atomic E-state index is 0.0355. The van der Waals surface area contributed by atoms with E-state index in [-0.39, 0.29) is 35.9 Å². The summed E-state index contributed by atoms with van der Waals surface area (Å²) < 4.78 is 0. The molecule has 1 N–H and O–H groups in total. The number of carbonyl (C=O) groups is 2. The first-order valence-electron chi connectivity index (χ1n) is 11.7. The van der Waals surface area contributed by atoms with Gasteiger partial charge in [0, 0.05) is 18.2 Å². The Morgan fingerprint density at radius 1 is 1.19 bits per heavy atom. The topological polar surface area (TPSA) is 61.9 Å². The summed E-state index contributed by atoms with van der Waals surface area (Å²) in [5.41, 5.74) is 3.87. The third-order valence-electron chi connectivity index (χ3n) is 7.47. The lowest BCUT2D eigenvalue weighted by Gasteiger charge is -2.48. The number of piperidine rings is 2. The van der Waals surface area contributed by atoms with Gasteiger partial charge in [0.05, 0.1) is 25.1 Å². The Hall–Kier alpha value is -2.70. The summed E-state index contributed by atoms with van der Waals surface area (Å²) in [7, 11) is 1.54. The van der Waals surface area contributed by atoms with Crippen LogP contribution in [0.1, 0.15) is 65.3 Å². The lowest BCUT2D eigenvalue weighted by molar-refractivity contribution is -0.145. The smallest absolute Gasteiger partial charge is 0.278 e. The van der Waals surface area contributed by atoms with E-state index in [0.717, 1.165) is 42.5 Å². The summed E-state index contributed by atoms with van der Waals surface area (Å²) in [5.74, 6) is 0.240. The van der Waals surface area contributed by atoms with Gasteiger partial charge in [-0.05, 0) is 61.9 Å². The number of amides is 2. The van der Waals surface area contributed by atoms with E-state index < -0.39 is 0 Å². The summed E-state index contributed by atoms with van der Waals surface area (Å²) in [4.78, 5) is 34.5. The van der Waals surface area contributed by atoms with Crippen molar-refractivity contribution in [3.05, 3.63) is 70.8 Å². The Kier molecular flexibility index (Phi) is 5.74. The van der Waals surface area contributed by atoms with Gasteiger partial charge in [-0.15, -0.1) is 0 Å². The number of carbonyl (C=O) groups excluding carboxylic acids is 2. The third-order valence-corrected chi connectivity index (χ3v) is 7.47. The van der Waals surface area contributed by atoms with E-state index in [1.54, 1.807) is 7.11 Å². The number of rotatable bonds is 4. The predicted octanol–water partition coefficient (Wildman–Crippen LogP) is 3.65. The van der Waals surface area contributed by atoms with Gasteiger partial charge >= 0.3 is 0 Å². The molecule has 5 rings (SSSR count). The number of hydroxylamine groups is 2. The highest BCUT2D eigenvalue weighted by molar-refractivity contribution is 5.96. The van der Waals surface area contributed by atoms with Gasteiger partial charge in [0.15, 0.2) is 0 Å². The van der Waals surface area contributed by atoms with Crippen molar-refractivity contribution in [2.75, 3.05) is 20.2 Å². The maximum atomic E-state index is 13.6. The van der Waals surface area contributed by atoms with E-state index in [2.05, 4.69) is 16.3 Å². The molecule has 4 atom stereocenters. The molecule has 3 aliphatic rings. The second-order valence-corrected chi connectivity index (χ2v) is 9.12. The van der Waals surface area contributed by atoms with Gasteiger partial charge in [-0.25, -0.2) is 5.06 Å². The molecule has 2 aromatic carbocycles. The van der Waals surface area contributed by atoms with E-state index in [9.17, 15) is 9.59 Å². The molecule has 0 saturated carbocycles. The summed E-state index contributed by atoms with van der Waals surface area (Å²) in [5, 5.41) is 5.03. The molecule has 6 heteroatoms. The monoisotopic (exact) mass is 433 g/mol. The lowest BCUT2D eigenvalue weighted by atomic mass is 9.76. The molecule has 168 valence electrons. The fourth-order valence-corrected chi connectivity index (χ4v) is 5.82. The molecule has 2 saturated heterocycles. The van der Waals surface area contributed by atoms with Gasteiger partial charge in [0.1, 0.15) is 0 Å². The second kappa shape index (κ2) is 8.68. The van der Waals surface area contributed by atoms with Crippen LogP contribution in [0.3, 0.4) is 0 Å². The van der Waals surface area contributed by atoms with E-state index in [4.69, 9.17) is 4.84 Å². The molecule has 6 nitrogen and oxygen atoms in total. The first kappa shape index (κ1) is 21.2. The average molecular weight is 434 g/mol. The number of hydrogen-bond acceptors (Lipinski definition) is 4. The number of fused-ring (bicyclic) bond motifs is 4. The SMILES string of the molecule is CON(C(=O)c1cccc2c1CCN1C(=O)[C@@H]3CCCN[C@@H]3C[C@H]21)[C@H](C)c1ccccc1. The normalized spacial score (nSPS) is 25.4. The predicted molar refractivity (Wildman–Crippen MR) is 122 cm³/mol. The van der Waals surface area contributed by atoms with Crippen LogP contribution in [0.4, 0.5) is 0 Å². The van der Waals surface area contributed by atoms with Gasteiger partial charge in [-0.3, -0.25) is 14.4 Å². The Bertz CT molecular complexity index is 1010. The molecule has 32 heavy (non-hydrogen) atoms. The molecule has 0 spiro atoms. The number of nitrogens with zero attached hydrogens (tertiary/aromatic N) is 2. The quantitative estimate of drug-likeness (QED) is 0.748. The standard InChI is InChI=1S/C26H31N3O3/c1-17(18-8-4-3-5-9-18)29(32-2)26(31)21-11-6-10-20-19(21)13-15-28-24(20)16-23-22(25(28)30)12-7-14-27-23/h3-6,8-11,17,22-24,27H,7,12-16H2,1-2H3/t17-,22-,23-,24-/m1/s1. The van der Waals surface area contributed by atoms with Crippen molar-refractivity contribution in [1.82, 2.24) is 15.3 Å². The Balaban J connectivity index is 1.46. The van der Waals surface area contributed by atoms with Crippen LogP contribution in [0.5, 0.6) is 0 Å². The molecule has 3 heterocycles. The van der Waals surface area contributed by atoms with Crippen LogP contribution in [0.25, 0.3) is 0 Å². The molecule has 3 aliphatic heterocycles. The van der Waals surface area contributed by atoms with E-state index >= 15 is 0 Å². The van der Waals surface area contributed by atoms with Gasteiger partial charge in [0.25, 0.3) is 5.91 Å². The van der Waals surface area contributed by atoms with Crippen LogP contribution in [-0.2, 0) is 16.1 Å². The molecule has 2 amide bonds. The fourth-order valence-electron chi connectivity index (χ4n) is 5.82. The highest BCUT2D eigenvalue weighted by Gasteiger charge is 2.45. The molecule has 2 aromatic rings. The highest BCUT2D eigenvalue weighted by atomic mass is 16.7. The van der Waals surface area contributed by atoms with Crippen molar-refractivity contribution in [3.8, 4) is 0 Å². The highest BCUT2D eigenvalue weighted by Crippen LogP contribution is 2.42. The minimum atomic E-state index is -0.215. The summed E-state index contributed by atoms with van der Waals surface area (Å²) in [6.07, 6.45) is 3.65. The van der Waals surface area contributed by atoms with Crippen LogP contribution >= 0.6 is 0 Å².